The number of hydrogen-bond acceptors (Lipinski definition) is 5. The lowest BCUT2D eigenvalue weighted by Crippen LogP contribution is -2.28. The molecule has 3 aromatic carbocycles. The molecule has 3 aliphatic rings. The van der Waals surface area contributed by atoms with E-state index in [-0.39, 0.29) is 35.5 Å². The number of allylic oxidation sites excluding steroid dienone is 2. The first-order valence-corrected chi connectivity index (χ1v) is 12.4. The Morgan fingerprint density at radius 3 is 2.49 bits per heavy atom. The quantitative estimate of drug-likeness (QED) is 0.245. The average Bonchev–Trinajstić information content (AvgIpc) is 3.55. The summed E-state index contributed by atoms with van der Waals surface area (Å²) in [6.07, 6.45) is 6.54. The number of imide groups is 1. The molecular weight excluding hydrogens is 508 g/mol. The number of nitrogens with zero attached hydrogens (tertiary/aromatic N) is 2. The zero-order valence-electron chi connectivity index (χ0n) is 19.1. The fourth-order valence-electron chi connectivity index (χ4n) is 5.68. The van der Waals surface area contributed by atoms with Gasteiger partial charge in [0.1, 0.15) is 6.61 Å². The lowest BCUT2D eigenvalue weighted by molar-refractivity contribution is -0.140. The van der Waals surface area contributed by atoms with Gasteiger partial charge in [-0.05, 0) is 46.7 Å². The molecule has 1 saturated heterocycles. The van der Waals surface area contributed by atoms with Crippen molar-refractivity contribution in [1.82, 2.24) is 5.01 Å². The van der Waals surface area contributed by atoms with E-state index in [1.165, 1.54) is 6.21 Å². The maximum absolute atomic E-state index is 13.0. The zero-order valence-corrected chi connectivity index (χ0v) is 20.6. The number of rotatable bonds is 6. The van der Waals surface area contributed by atoms with Crippen molar-refractivity contribution in [1.29, 1.82) is 0 Å². The second-order valence-electron chi connectivity index (χ2n) is 9.19. The third kappa shape index (κ3) is 3.65. The largest absolute Gasteiger partial charge is 0.493 e. The molecule has 4 atom stereocenters. The maximum Gasteiger partial charge on any atom is 0.254 e. The molecule has 0 unspecified atom stereocenters. The number of hydrazone groups is 1. The maximum atomic E-state index is 13.0. The minimum atomic E-state index is -0.284. The van der Waals surface area contributed by atoms with Gasteiger partial charge in [-0.1, -0.05) is 70.5 Å². The second kappa shape index (κ2) is 8.64. The molecule has 35 heavy (non-hydrogen) atoms. The van der Waals surface area contributed by atoms with Crippen molar-refractivity contribution in [3.63, 3.8) is 0 Å². The predicted molar refractivity (Wildman–Crippen MR) is 136 cm³/mol. The van der Waals surface area contributed by atoms with Crippen LogP contribution in [0.1, 0.15) is 17.5 Å². The fourth-order valence-corrected chi connectivity index (χ4v) is 6.13. The van der Waals surface area contributed by atoms with E-state index < -0.39 is 0 Å². The minimum Gasteiger partial charge on any atom is -0.493 e. The number of benzene rings is 3. The number of hydrogen-bond donors (Lipinski definition) is 0. The number of fused-ring (bicyclic) bond motifs is 6. The van der Waals surface area contributed by atoms with Gasteiger partial charge in [0.2, 0.25) is 0 Å². The van der Waals surface area contributed by atoms with Crippen LogP contribution in [0.2, 0.25) is 0 Å². The van der Waals surface area contributed by atoms with Crippen LogP contribution in [0.5, 0.6) is 11.5 Å². The van der Waals surface area contributed by atoms with E-state index in [9.17, 15) is 9.59 Å². The van der Waals surface area contributed by atoms with Crippen molar-refractivity contribution in [2.75, 3.05) is 7.11 Å². The Kier molecular flexibility index (Phi) is 5.44. The van der Waals surface area contributed by atoms with E-state index >= 15 is 0 Å². The first kappa shape index (κ1) is 22.0. The standard InChI is InChI=1S/C28H23BrN2O4/c1-34-23-13-21(29)12-20(26(23)35-15-19-7-4-6-16-5-2-3-8-22(16)19)14-30-31-27(32)24-17-9-10-18(11-17)25(24)28(31)33/h2-10,12-14,17-18,24-25H,11,15H2,1H3/t17-,18-,24-,25+/m0/s1. The van der Waals surface area contributed by atoms with Crippen LogP contribution in [0.15, 0.2) is 76.3 Å². The van der Waals surface area contributed by atoms with Gasteiger partial charge in [0.05, 0.1) is 25.2 Å². The Balaban J connectivity index is 1.30. The summed E-state index contributed by atoms with van der Waals surface area (Å²) in [7, 11) is 1.57. The smallest absolute Gasteiger partial charge is 0.254 e. The summed E-state index contributed by atoms with van der Waals surface area (Å²) < 4.78 is 12.6. The second-order valence-corrected chi connectivity index (χ2v) is 10.1. The molecule has 1 saturated carbocycles. The molecule has 2 bridgehead atoms. The number of halogens is 1. The lowest BCUT2D eigenvalue weighted by Gasteiger charge is -2.16. The zero-order chi connectivity index (χ0) is 24.1. The monoisotopic (exact) mass is 530 g/mol. The molecule has 0 spiro atoms. The van der Waals surface area contributed by atoms with Gasteiger partial charge in [-0.2, -0.15) is 10.1 Å². The Bertz CT molecular complexity index is 1380. The van der Waals surface area contributed by atoms with Crippen LogP contribution >= 0.6 is 15.9 Å². The van der Waals surface area contributed by atoms with Crippen molar-refractivity contribution in [2.45, 2.75) is 13.0 Å². The molecule has 2 fully saturated rings. The van der Waals surface area contributed by atoms with E-state index in [0.717, 1.165) is 32.2 Å². The summed E-state index contributed by atoms with van der Waals surface area (Å²) in [5.74, 6) is 0.316. The minimum absolute atomic E-state index is 0.146. The molecule has 2 amide bonds. The summed E-state index contributed by atoms with van der Waals surface area (Å²) in [6.45, 7) is 0.320. The summed E-state index contributed by atoms with van der Waals surface area (Å²) >= 11 is 3.50. The molecular formula is C28H23BrN2O4. The molecule has 6 nitrogen and oxygen atoms in total. The van der Waals surface area contributed by atoms with Gasteiger partial charge in [0.15, 0.2) is 11.5 Å². The summed E-state index contributed by atoms with van der Waals surface area (Å²) in [5.41, 5.74) is 1.65. The van der Waals surface area contributed by atoms with E-state index in [2.05, 4.69) is 51.4 Å². The Morgan fingerprint density at radius 1 is 1.03 bits per heavy atom. The third-order valence-electron chi connectivity index (χ3n) is 7.28. The number of carbonyl (C=O) groups excluding carboxylic acids is 2. The highest BCUT2D eigenvalue weighted by atomic mass is 79.9. The van der Waals surface area contributed by atoms with Crippen LogP contribution in [0.4, 0.5) is 0 Å². The van der Waals surface area contributed by atoms with Crippen molar-refractivity contribution < 1.29 is 19.1 Å². The normalized spacial score (nSPS) is 24.7. The Morgan fingerprint density at radius 2 is 1.74 bits per heavy atom. The van der Waals surface area contributed by atoms with Crippen molar-refractivity contribution >= 4 is 44.7 Å². The number of carbonyl (C=O) groups is 2. The van der Waals surface area contributed by atoms with Gasteiger partial charge in [-0.25, -0.2) is 0 Å². The fraction of sp³-hybridized carbons (Fsp3) is 0.250. The van der Waals surface area contributed by atoms with Crippen molar-refractivity contribution in [3.05, 3.63) is 82.3 Å². The Labute approximate surface area is 211 Å². The lowest BCUT2D eigenvalue weighted by atomic mass is 9.85. The molecule has 7 heteroatoms. The van der Waals surface area contributed by atoms with Gasteiger partial charge in [0, 0.05) is 10.0 Å². The first-order chi connectivity index (χ1) is 17.0. The molecule has 0 N–H and O–H groups in total. The topological polar surface area (TPSA) is 68.2 Å². The predicted octanol–water partition coefficient (Wildman–Crippen LogP) is 5.33. The van der Waals surface area contributed by atoms with Gasteiger partial charge >= 0.3 is 0 Å². The molecule has 6 rings (SSSR count). The van der Waals surface area contributed by atoms with Crippen LogP contribution in [0, 0.1) is 23.7 Å². The average molecular weight is 531 g/mol. The van der Waals surface area contributed by atoms with E-state index in [1.807, 2.05) is 36.4 Å². The molecule has 0 aromatic heterocycles. The van der Waals surface area contributed by atoms with Crippen LogP contribution in [-0.2, 0) is 16.2 Å². The summed E-state index contributed by atoms with van der Waals surface area (Å²) in [6, 6.07) is 17.9. The highest BCUT2D eigenvalue weighted by Crippen LogP contribution is 2.52. The highest BCUT2D eigenvalue weighted by Gasteiger charge is 2.59. The van der Waals surface area contributed by atoms with Crippen molar-refractivity contribution in [3.8, 4) is 11.5 Å². The van der Waals surface area contributed by atoms with E-state index in [0.29, 0.717) is 23.7 Å². The third-order valence-corrected chi connectivity index (χ3v) is 7.74. The molecule has 3 aromatic rings. The summed E-state index contributed by atoms with van der Waals surface area (Å²) in [4.78, 5) is 26.0. The van der Waals surface area contributed by atoms with Crippen LogP contribution in [-0.4, -0.2) is 30.1 Å². The highest BCUT2D eigenvalue weighted by molar-refractivity contribution is 9.10. The molecule has 1 aliphatic heterocycles. The van der Waals surface area contributed by atoms with Gasteiger partial charge in [-0.15, -0.1) is 0 Å². The van der Waals surface area contributed by atoms with Crippen LogP contribution in [0.3, 0.4) is 0 Å². The van der Waals surface area contributed by atoms with E-state index in [4.69, 9.17) is 9.47 Å². The van der Waals surface area contributed by atoms with Crippen LogP contribution in [0.25, 0.3) is 10.8 Å². The molecule has 176 valence electrons. The van der Waals surface area contributed by atoms with Gasteiger partial charge in [-0.3, -0.25) is 9.59 Å². The van der Waals surface area contributed by atoms with Crippen LogP contribution < -0.4 is 9.47 Å². The molecule has 2 aliphatic carbocycles. The first-order valence-electron chi connectivity index (χ1n) is 11.6. The summed E-state index contributed by atoms with van der Waals surface area (Å²) in [5, 5.41) is 7.64. The van der Waals surface area contributed by atoms with E-state index in [1.54, 1.807) is 7.11 Å². The molecule has 1 heterocycles. The molecule has 0 radical (unpaired) electrons. The van der Waals surface area contributed by atoms with Gasteiger partial charge < -0.3 is 9.47 Å². The van der Waals surface area contributed by atoms with Gasteiger partial charge in [0.25, 0.3) is 11.8 Å². The van der Waals surface area contributed by atoms with Crippen molar-refractivity contribution in [2.24, 2.45) is 28.8 Å². The number of ether oxygens (including phenoxy) is 2. The SMILES string of the molecule is COc1cc(Br)cc(C=NN2C(=O)[C@@H]3[C@H](C2=O)[C@H]2C=C[C@H]3C2)c1OCc1cccc2ccccc12. The number of amides is 2. The number of methoxy groups -OCH3 is 1. The Hall–Kier alpha value is -3.45.